The van der Waals surface area contributed by atoms with Gasteiger partial charge in [-0.1, -0.05) is 19.1 Å². The van der Waals surface area contributed by atoms with Crippen molar-refractivity contribution >= 4 is 5.82 Å². The van der Waals surface area contributed by atoms with Gasteiger partial charge in [0.05, 0.1) is 6.20 Å². The summed E-state index contributed by atoms with van der Waals surface area (Å²) < 4.78 is 14.0. The van der Waals surface area contributed by atoms with E-state index in [4.69, 9.17) is 0 Å². The van der Waals surface area contributed by atoms with E-state index in [-0.39, 0.29) is 11.6 Å². The van der Waals surface area contributed by atoms with Gasteiger partial charge in [0, 0.05) is 50.9 Å². The van der Waals surface area contributed by atoms with Crippen molar-refractivity contribution < 1.29 is 9.50 Å². The number of phenols is 1. The second-order valence-electron chi connectivity index (χ2n) is 9.30. The molecule has 3 heterocycles. The van der Waals surface area contributed by atoms with Crippen molar-refractivity contribution in [3.8, 4) is 16.9 Å². The lowest BCUT2D eigenvalue weighted by molar-refractivity contribution is 0.00366. The van der Waals surface area contributed by atoms with Crippen LogP contribution in [-0.2, 0) is 0 Å². The number of hydrogen-bond donors (Lipinski definition) is 1. The van der Waals surface area contributed by atoms with Gasteiger partial charge in [-0.3, -0.25) is 4.90 Å². The van der Waals surface area contributed by atoms with Crippen molar-refractivity contribution in [3.05, 3.63) is 42.3 Å². The number of anilines is 1. The first kappa shape index (κ1) is 19.8. The van der Waals surface area contributed by atoms with Crippen LogP contribution in [0.4, 0.5) is 10.2 Å². The number of pyridine rings is 1. The number of phenolic OH excluding ortho intramolecular Hbond substituents is 1. The maximum atomic E-state index is 14.0. The largest absolute Gasteiger partial charge is 0.508 e. The molecule has 0 bridgehead atoms. The summed E-state index contributed by atoms with van der Waals surface area (Å²) in [6.45, 7) is 9.85. The highest BCUT2D eigenvalue weighted by Gasteiger charge is 2.48. The molecule has 5 rings (SSSR count). The average Bonchev–Trinajstić information content (AvgIpc) is 3.18. The molecule has 1 aliphatic carbocycles. The van der Waals surface area contributed by atoms with Crippen molar-refractivity contribution in [1.29, 1.82) is 0 Å². The Morgan fingerprint density at radius 1 is 1.17 bits per heavy atom. The van der Waals surface area contributed by atoms with Crippen LogP contribution in [0.1, 0.15) is 26.2 Å². The fourth-order valence-electron chi connectivity index (χ4n) is 5.77. The van der Waals surface area contributed by atoms with Crippen molar-refractivity contribution in [2.45, 2.75) is 32.2 Å². The summed E-state index contributed by atoms with van der Waals surface area (Å²) >= 11 is 0. The average molecular weight is 411 g/mol. The Labute approximate surface area is 178 Å². The van der Waals surface area contributed by atoms with Crippen molar-refractivity contribution in [2.75, 3.05) is 50.7 Å². The van der Waals surface area contributed by atoms with E-state index in [1.807, 2.05) is 6.07 Å². The van der Waals surface area contributed by atoms with E-state index in [1.54, 1.807) is 18.2 Å². The van der Waals surface area contributed by atoms with Gasteiger partial charge in [-0.25, -0.2) is 9.37 Å². The van der Waals surface area contributed by atoms with Gasteiger partial charge in [-0.15, -0.1) is 0 Å². The highest BCUT2D eigenvalue weighted by Crippen LogP contribution is 2.47. The summed E-state index contributed by atoms with van der Waals surface area (Å²) in [5.74, 6) is 0.635. The molecule has 2 aromatic rings. The van der Waals surface area contributed by atoms with Crippen LogP contribution >= 0.6 is 0 Å². The zero-order valence-corrected chi connectivity index (χ0v) is 17.7. The predicted octanol–water partition coefficient (Wildman–Crippen LogP) is 3.59. The Hall–Kier alpha value is -2.18. The Kier molecular flexibility index (Phi) is 5.15. The summed E-state index contributed by atoms with van der Waals surface area (Å²) in [6.07, 6.45) is 5.33. The van der Waals surface area contributed by atoms with E-state index >= 15 is 0 Å². The number of aromatic hydroxyl groups is 1. The van der Waals surface area contributed by atoms with Crippen LogP contribution in [-0.4, -0.2) is 71.7 Å². The van der Waals surface area contributed by atoms with Crippen molar-refractivity contribution in [2.24, 2.45) is 5.41 Å². The molecule has 1 saturated carbocycles. The molecule has 1 N–H and O–H groups in total. The third-order valence-corrected chi connectivity index (χ3v) is 7.36. The number of halogens is 1. The van der Waals surface area contributed by atoms with Crippen molar-refractivity contribution in [3.63, 3.8) is 0 Å². The summed E-state index contributed by atoms with van der Waals surface area (Å²) in [5.41, 5.74) is 2.12. The van der Waals surface area contributed by atoms with Gasteiger partial charge in [-0.2, -0.15) is 0 Å². The van der Waals surface area contributed by atoms with Crippen LogP contribution in [0.2, 0.25) is 0 Å². The zero-order valence-electron chi connectivity index (χ0n) is 17.7. The molecule has 1 atom stereocenters. The zero-order chi connectivity index (χ0) is 20.7. The minimum atomic E-state index is -0.353. The molecular formula is C24H31FN4O. The normalized spacial score (nSPS) is 24.3. The van der Waals surface area contributed by atoms with Gasteiger partial charge in [0.1, 0.15) is 17.4 Å². The van der Waals surface area contributed by atoms with E-state index in [9.17, 15) is 9.50 Å². The third kappa shape index (κ3) is 3.67. The van der Waals surface area contributed by atoms with Crippen LogP contribution in [0.15, 0.2) is 36.5 Å². The van der Waals surface area contributed by atoms with Gasteiger partial charge in [0.25, 0.3) is 0 Å². The van der Waals surface area contributed by atoms with E-state index < -0.39 is 0 Å². The second-order valence-corrected chi connectivity index (χ2v) is 9.30. The maximum Gasteiger partial charge on any atom is 0.142 e. The molecule has 160 valence electrons. The summed E-state index contributed by atoms with van der Waals surface area (Å²) in [6, 6.07) is 9.22. The van der Waals surface area contributed by atoms with Crippen LogP contribution in [0, 0.1) is 11.2 Å². The molecule has 1 aromatic carbocycles. The fourth-order valence-corrected chi connectivity index (χ4v) is 5.77. The minimum Gasteiger partial charge on any atom is -0.508 e. The molecule has 1 unspecified atom stereocenters. The number of rotatable bonds is 4. The molecule has 1 aromatic heterocycles. The maximum absolute atomic E-state index is 14.0. The molecule has 3 aliphatic rings. The second kappa shape index (κ2) is 7.82. The smallest absolute Gasteiger partial charge is 0.142 e. The lowest BCUT2D eigenvalue weighted by Crippen LogP contribution is -2.56. The predicted molar refractivity (Wildman–Crippen MR) is 117 cm³/mol. The van der Waals surface area contributed by atoms with Crippen LogP contribution < -0.4 is 4.90 Å². The first-order chi connectivity index (χ1) is 14.5. The molecule has 1 spiro atoms. The first-order valence-electron chi connectivity index (χ1n) is 11.2. The third-order valence-electron chi connectivity index (χ3n) is 7.36. The Morgan fingerprint density at radius 3 is 2.70 bits per heavy atom. The van der Waals surface area contributed by atoms with Crippen LogP contribution in [0.3, 0.4) is 0 Å². The molecule has 5 nitrogen and oxygen atoms in total. The molecule has 0 radical (unpaired) electrons. The topological polar surface area (TPSA) is 42.8 Å². The van der Waals surface area contributed by atoms with Gasteiger partial charge < -0.3 is 14.9 Å². The van der Waals surface area contributed by atoms with Gasteiger partial charge in [0.15, 0.2) is 0 Å². The van der Waals surface area contributed by atoms with Crippen LogP contribution in [0.25, 0.3) is 11.1 Å². The Balaban J connectivity index is 1.26. The highest BCUT2D eigenvalue weighted by molar-refractivity contribution is 5.76. The van der Waals surface area contributed by atoms with E-state index in [1.165, 1.54) is 51.2 Å². The number of nitrogens with zero attached hydrogens (tertiary/aromatic N) is 4. The SMILES string of the molecule is CCN1CC2(CCC(N3CCN(c4ncc(F)cc4-c4cccc(O)c4)CC3)C2)C1. The number of benzene rings is 1. The summed E-state index contributed by atoms with van der Waals surface area (Å²) in [4.78, 5) is 11.9. The van der Waals surface area contributed by atoms with E-state index in [0.717, 1.165) is 43.1 Å². The number of aromatic nitrogens is 1. The molecule has 30 heavy (non-hydrogen) atoms. The summed E-state index contributed by atoms with van der Waals surface area (Å²) in [5, 5.41) is 9.86. The summed E-state index contributed by atoms with van der Waals surface area (Å²) in [7, 11) is 0. The first-order valence-corrected chi connectivity index (χ1v) is 11.2. The number of piperazine rings is 1. The highest BCUT2D eigenvalue weighted by atomic mass is 19.1. The molecular weight excluding hydrogens is 379 g/mol. The molecule has 2 saturated heterocycles. The van der Waals surface area contributed by atoms with E-state index in [2.05, 4.69) is 26.6 Å². The molecule has 2 aliphatic heterocycles. The molecule has 3 fully saturated rings. The Morgan fingerprint density at radius 2 is 1.97 bits per heavy atom. The standard InChI is InChI=1S/C24H31FN4O/c1-2-27-16-24(17-27)7-6-20(14-24)28-8-10-29(11-9-28)23-22(13-19(25)15-26-23)18-4-3-5-21(30)12-18/h3-5,12-13,15,20,30H,2,6-11,14,16-17H2,1H3. The van der Waals surface area contributed by atoms with Gasteiger partial charge in [0.2, 0.25) is 0 Å². The van der Waals surface area contributed by atoms with Gasteiger partial charge in [-0.05, 0) is 55.0 Å². The molecule has 0 amide bonds. The van der Waals surface area contributed by atoms with Crippen LogP contribution in [0.5, 0.6) is 5.75 Å². The number of hydrogen-bond acceptors (Lipinski definition) is 5. The monoisotopic (exact) mass is 410 g/mol. The Bertz CT molecular complexity index is 906. The number of likely N-dealkylation sites (tertiary alicyclic amines) is 1. The quantitative estimate of drug-likeness (QED) is 0.835. The lowest BCUT2D eigenvalue weighted by atomic mass is 9.78. The van der Waals surface area contributed by atoms with Gasteiger partial charge >= 0.3 is 0 Å². The lowest BCUT2D eigenvalue weighted by Gasteiger charge is -2.49. The minimum absolute atomic E-state index is 0.181. The van der Waals surface area contributed by atoms with E-state index in [0.29, 0.717) is 11.5 Å². The van der Waals surface area contributed by atoms with Crippen molar-refractivity contribution in [1.82, 2.24) is 14.8 Å². The fraction of sp³-hybridized carbons (Fsp3) is 0.542. The molecule has 6 heteroatoms.